The summed E-state index contributed by atoms with van der Waals surface area (Å²) in [4.78, 5) is 24.0. The van der Waals surface area contributed by atoms with Gasteiger partial charge in [0, 0.05) is 0 Å². The highest BCUT2D eigenvalue weighted by Crippen LogP contribution is 2.27. The van der Waals surface area contributed by atoms with E-state index in [4.69, 9.17) is 13.7 Å². The Balaban J connectivity index is 2.03. The van der Waals surface area contributed by atoms with E-state index < -0.39 is 22.1 Å². The van der Waals surface area contributed by atoms with Crippen LogP contribution in [0.3, 0.4) is 0 Å². The molecule has 29 heavy (non-hydrogen) atoms. The number of hydrogen-bond acceptors (Lipinski definition) is 10. The van der Waals surface area contributed by atoms with E-state index in [1.807, 2.05) is 0 Å². The van der Waals surface area contributed by atoms with Crippen molar-refractivity contribution in [3.8, 4) is 5.75 Å². The maximum Gasteiger partial charge on any atom is 0.341 e. The highest BCUT2D eigenvalue weighted by Gasteiger charge is 2.24. The summed E-state index contributed by atoms with van der Waals surface area (Å²) in [5.41, 5.74) is 0.490. The van der Waals surface area contributed by atoms with Gasteiger partial charge < -0.3 is 13.7 Å². The molecular weight excluding hydrogens is 420 g/mol. The minimum Gasteiger partial charge on any atom is -0.462 e. The Morgan fingerprint density at radius 3 is 2.17 bits per heavy atom. The standard InChI is InChI=1S/C18H16N2O7S2/c1-3-25-17(21)11-8-12(18(22)26-4-2)10-13(9-11)27-29(23,24)15-7-5-6-14-16(15)20-28-19-14/h5-10H,3-4H2,1-2H3. The molecule has 0 aliphatic heterocycles. The van der Waals surface area contributed by atoms with Crippen molar-refractivity contribution in [2.75, 3.05) is 13.2 Å². The first kappa shape index (κ1) is 20.7. The predicted octanol–water partition coefficient (Wildman–Crippen LogP) is 2.81. The Labute approximate surface area is 170 Å². The molecule has 0 aliphatic carbocycles. The third-order valence-corrected chi connectivity index (χ3v) is 5.48. The Bertz CT molecular complexity index is 1140. The molecule has 0 bridgehead atoms. The van der Waals surface area contributed by atoms with Gasteiger partial charge in [-0.1, -0.05) is 6.07 Å². The van der Waals surface area contributed by atoms with Crippen LogP contribution in [0.1, 0.15) is 34.6 Å². The van der Waals surface area contributed by atoms with Crippen molar-refractivity contribution in [1.29, 1.82) is 0 Å². The second-order valence-corrected chi connectivity index (χ2v) is 7.66. The molecule has 3 aromatic rings. The normalized spacial score (nSPS) is 11.2. The molecule has 0 fully saturated rings. The lowest BCUT2D eigenvalue weighted by atomic mass is 10.1. The Hall–Kier alpha value is -3.05. The molecule has 0 aliphatic rings. The van der Waals surface area contributed by atoms with Gasteiger partial charge in [0.1, 0.15) is 21.7 Å². The molecule has 1 aromatic heterocycles. The van der Waals surface area contributed by atoms with Crippen LogP contribution in [-0.4, -0.2) is 42.3 Å². The predicted molar refractivity (Wildman–Crippen MR) is 104 cm³/mol. The molecule has 0 radical (unpaired) electrons. The van der Waals surface area contributed by atoms with E-state index in [0.717, 1.165) is 11.7 Å². The van der Waals surface area contributed by atoms with Gasteiger partial charge in [-0.3, -0.25) is 0 Å². The van der Waals surface area contributed by atoms with Crippen molar-refractivity contribution in [2.24, 2.45) is 0 Å². The molecule has 9 nitrogen and oxygen atoms in total. The first-order valence-electron chi connectivity index (χ1n) is 8.50. The summed E-state index contributed by atoms with van der Waals surface area (Å²) in [7, 11) is -4.32. The number of fused-ring (bicyclic) bond motifs is 1. The van der Waals surface area contributed by atoms with Gasteiger partial charge in [-0.15, -0.1) is 0 Å². The van der Waals surface area contributed by atoms with E-state index in [0.29, 0.717) is 5.52 Å². The maximum atomic E-state index is 12.8. The number of nitrogens with zero attached hydrogens (tertiary/aromatic N) is 2. The number of carbonyl (C=O) groups is 2. The van der Waals surface area contributed by atoms with Crippen LogP contribution in [0, 0.1) is 0 Å². The molecule has 152 valence electrons. The average Bonchev–Trinajstić information content (AvgIpc) is 3.16. The van der Waals surface area contributed by atoms with Crippen LogP contribution in [0.25, 0.3) is 11.0 Å². The van der Waals surface area contributed by atoms with E-state index in [9.17, 15) is 18.0 Å². The zero-order chi connectivity index (χ0) is 21.0. The van der Waals surface area contributed by atoms with Gasteiger partial charge in [-0.05, 0) is 44.2 Å². The van der Waals surface area contributed by atoms with Gasteiger partial charge in [0.05, 0.1) is 36.1 Å². The second-order valence-electron chi connectivity index (χ2n) is 5.61. The summed E-state index contributed by atoms with van der Waals surface area (Å²) in [6.07, 6.45) is 0. The SMILES string of the molecule is CCOC(=O)c1cc(OS(=O)(=O)c2cccc3nsnc23)cc(C(=O)OCC)c1. The number of benzene rings is 2. The number of ether oxygens (including phenoxy) is 2. The van der Waals surface area contributed by atoms with Gasteiger partial charge in [-0.2, -0.15) is 17.2 Å². The molecule has 0 amide bonds. The van der Waals surface area contributed by atoms with Crippen molar-refractivity contribution < 1.29 is 31.7 Å². The van der Waals surface area contributed by atoms with Gasteiger partial charge in [0.15, 0.2) is 0 Å². The number of aromatic nitrogens is 2. The first-order chi connectivity index (χ1) is 13.9. The van der Waals surface area contributed by atoms with Crippen LogP contribution in [0.4, 0.5) is 0 Å². The minimum absolute atomic E-state index is 0.0452. The largest absolute Gasteiger partial charge is 0.462 e. The zero-order valence-electron chi connectivity index (χ0n) is 15.4. The summed E-state index contributed by atoms with van der Waals surface area (Å²) in [6, 6.07) is 8.08. The van der Waals surface area contributed by atoms with Crippen LogP contribution in [0.15, 0.2) is 41.3 Å². The molecule has 0 atom stereocenters. The highest BCUT2D eigenvalue weighted by atomic mass is 32.2. The minimum atomic E-state index is -4.32. The molecule has 0 saturated heterocycles. The number of hydrogen-bond donors (Lipinski definition) is 0. The molecule has 1 heterocycles. The molecule has 2 aromatic carbocycles. The third kappa shape index (κ3) is 4.51. The van der Waals surface area contributed by atoms with Crippen molar-refractivity contribution in [3.05, 3.63) is 47.5 Å². The molecule has 0 N–H and O–H groups in total. The van der Waals surface area contributed by atoms with Crippen molar-refractivity contribution in [3.63, 3.8) is 0 Å². The van der Waals surface area contributed by atoms with Crippen LogP contribution in [-0.2, 0) is 19.6 Å². The Kier molecular flexibility index (Phi) is 6.09. The lowest BCUT2D eigenvalue weighted by molar-refractivity contribution is 0.0524. The van der Waals surface area contributed by atoms with Crippen molar-refractivity contribution >= 4 is 44.8 Å². The Morgan fingerprint density at radius 1 is 0.966 bits per heavy atom. The lowest BCUT2D eigenvalue weighted by Crippen LogP contribution is -2.13. The van der Waals surface area contributed by atoms with E-state index in [1.165, 1.54) is 30.3 Å². The molecule has 0 spiro atoms. The number of rotatable bonds is 7. The molecule has 3 rings (SSSR count). The van der Waals surface area contributed by atoms with Gasteiger partial charge in [0.25, 0.3) is 0 Å². The van der Waals surface area contributed by atoms with Gasteiger partial charge >= 0.3 is 22.1 Å². The Morgan fingerprint density at radius 2 is 1.59 bits per heavy atom. The maximum absolute atomic E-state index is 12.8. The summed E-state index contributed by atoms with van der Waals surface area (Å²) in [5, 5.41) is 0. The van der Waals surface area contributed by atoms with Crippen LogP contribution < -0.4 is 4.18 Å². The van der Waals surface area contributed by atoms with Gasteiger partial charge in [0.2, 0.25) is 0 Å². The quantitative estimate of drug-likeness (QED) is 0.406. The number of esters is 2. The summed E-state index contributed by atoms with van der Waals surface area (Å²) in [6.45, 7) is 3.46. The fourth-order valence-electron chi connectivity index (χ4n) is 2.47. The van der Waals surface area contributed by atoms with E-state index >= 15 is 0 Å². The summed E-state index contributed by atoms with van der Waals surface area (Å²) >= 11 is 0.871. The molecule has 0 unspecified atom stereocenters. The molecule has 0 saturated carbocycles. The third-order valence-electron chi connectivity index (χ3n) is 3.65. The van der Waals surface area contributed by atoms with Crippen LogP contribution in [0.5, 0.6) is 5.75 Å². The van der Waals surface area contributed by atoms with E-state index in [-0.39, 0.29) is 40.5 Å². The van der Waals surface area contributed by atoms with Gasteiger partial charge in [-0.25, -0.2) is 9.59 Å². The van der Waals surface area contributed by atoms with E-state index in [1.54, 1.807) is 19.9 Å². The fourth-order valence-corrected chi connectivity index (χ4v) is 4.15. The molecule has 11 heteroatoms. The lowest BCUT2D eigenvalue weighted by Gasteiger charge is -2.11. The van der Waals surface area contributed by atoms with E-state index in [2.05, 4.69) is 8.75 Å². The smallest absolute Gasteiger partial charge is 0.341 e. The van der Waals surface area contributed by atoms with Crippen molar-refractivity contribution in [1.82, 2.24) is 8.75 Å². The topological polar surface area (TPSA) is 122 Å². The van der Waals surface area contributed by atoms with Crippen molar-refractivity contribution in [2.45, 2.75) is 18.7 Å². The molecular formula is C18H16N2O7S2. The summed E-state index contributed by atoms with van der Waals surface area (Å²) in [5.74, 6) is -1.70. The zero-order valence-corrected chi connectivity index (χ0v) is 17.1. The fraction of sp³-hybridized carbons (Fsp3) is 0.222. The van der Waals surface area contributed by atoms with Crippen LogP contribution >= 0.6 is 11.7 Å². The first-order valence-corrected chi connectivity index (χ1v) is 10.6. The second kappa shape index (κ2) is 8.53. The number of carbonyl (C=O) groups excluding carboxylic acids is 2. The monoisotopic (exact) mass is 436 g/mol. The van der Waals surface area contributed by atoms with Crippen LogP contribution in [0.2, 0.25) is 0 Å². The highest BCUT2D eigenvalue weighted by molar-refractivity contribution is 7.87. The summed E-state index contributed by atoms with van der Waals surface area (Å²) < 4.78 is 48.7. The average molecular weight is 436 g/mol.